The van der Waals surface area contributed by atoms with Gasteiger partial charge in [0, 0.05) is 23.2 Å². The molecule has 5 nitrogen and oxygen atoms in total. The third-order valence-corrected chi connectivity index (χ3v) is 4.72. The Labute approximate surface area is 164 Å². The topological polar surface area (TPSA) is 58.6 Å². The molecule has 1 atom stereocenters. The van der Waals surface area contributed by atoms with Gasteiger partial charge in [-0.25, -0.2) is 0 Å². The minimum absolute atomic E-state index is 0.161. The molecule has 6 heteroatoms. The summed E-state index contributed by atoms with van der Waals surface area (Å²) in [7, 11) is 0. The number of unbranched alkanes of at least 4 members (excludes halogenated alkanes) is 1. The van der Waals surface area contributed by atoms with Crippen molar-refractivity contribution in [3.05, 3.63) is 58.6 Å². The van der Waals surface area contributed by atoms with Gasteiger partial charge in [-0.05, 0) is 42.3 Å². The van der Waals surface area contributed by atoms with E-state index in [4.69, 9.17) is 16.3 Å². The van der Waals surface area contributed by atoms with Crippen LogP contribution in [-0.2, 0) is 16.1 Å². The Balaban J connectivity index is 1.78. The number of carbonyl (C=O) groups excluding carboxylic acids is 2. The van der Waals surface area contributed by atoms with Gasteiger partial charge in [-0.2, -0.15) is 0 Å². The minimum Gasteiger partial charge on any atom is -0.494 e. The van der Waals surface area contributed by atoms with Crippen LogP contribution in [0.3, 0.4) is 0 Å². The molecule has 27 heavy (non-hydrogen) atoms. The van der Waals surface area contributed by atoms with Crippen LogP contribution in [0.4, 0.5) is 5.69 Å². The van der Waals surface area contributed by atoms with Crippen molar-refractivity contribution >= 4 is 29.1 Å². The van der Waals surface area contributed by atoms with Gasteiger partial charge in [0.05, 0.1) is 13.2 Å². The van der Waals surface area contributed by atoms with Gasteiger partial charge in [-0.1, -0.05) is 37.1 Å². The van der Waals surface area contributed by atoms with Crippen molar-refractivity contribution < 1.29 is 14.3 Å². The monoisotopic (exact) mass is 386 g/mol. The van der Waals surface area contributed by atoms with Gasteiger partial charge in [0.2, 0.25) is 5.91 Å². The normalized spacial score (nSPS) is 15.6. The molecule has 0 fully saturated rings. The number of anilines is 1. The van der Waals surface area contributed by atoms with Gasteiger partial charge < -0.3 is 15.0 Å². The summed E-state index contributed by atoms with van der Waals surface area (Å²) in [5.74, 6) is 0.406. The highest BCUT2D eigenvalue weighted by Crippen LogP contribution is 2.38. The maximum Gasteiger partial charge on any atom is 0.254 e. The first-order chi connectivity index (χ1) is 13.0. The maximum absolute atomic E-state index is 12.9. The molecular formula is C21H23ClN2O3. The largest absolute Gasteiger partial charge is 0.494 e. The van der Waals surface area contributed by atoms with E-state index in [9.17, 15) is 9.59 Å². The number of hydrogen-bond donors (Lipinski definition) is 1. The second kappa shape index (κ2) is 8.44. The highest BCUT2D eigenvalue weighted by atomic mass is 35.5. The van der Waals surface area contributed by atoms with Crippen LogP contribution in [0.15, 0.2) is 42.5 Å². The van der Waals surface area contributed by atoms with Crippen LogP contribution in [0.1, 0.15) is 43.9 Å². The van der Waals surface area contributed by atoms with Gasteiger partial charge in [-0.15, -0.1) is 0 Å². The van der Waals surface area contributed by atoms with Crippen LogP contribution in [0.5, 0.6) is 5.75 Å². The van der Waals surface area contributed by atoms with Gasteiger partial charge >= 0.3 is 0 Å². The molecule has 0 radical (unpaired) electrons. The third kappa shape index (κ3) is 4.42. The first-order valence-corrected chi connectivity index (χ1v) is 9.47. The van der Waals surface area contributed by atoms with E-state index in [1.807, 2.05) is 30.3 Å². The zero-order valence-electron chi connectivity index (χ0n) is 15.5. The first-order valence-electron chi connectivity index (χ1n) is 9.09. The lowest BCUT2D eigenvalue weighted by Crippen LogP contribution is -2.36. The summed E-state index contributed by atoms with van der Waals surface area (Å²) >= 11 is 6.09. The van der Waals surface area contributed by atoms with Crippen molar-refractivity contribution in [3.8, 4) is 5.75 Å². The van der Waals surface area contributed by atoms with Crippen molar-refractivity contribution in [1.82, 2.24) is 5.32 Å². The molecule has 142 valence electrons. The number of amides is 2. The summed E-state index contributed by atoms with van der Waals surface area (Å²) in [4.78, 5) is 26.1. The molecule has 1 heterocycles. The first kappa shape index (κ1) is 19.2. The molecule has 0 spiro atoms. The number of ether oxygens (including phenoxy) is 1. The minimum atomic E-state index is -0.701. The van der Waals surface area contributed by atoms with Crippen LogP contribution in [0.2, 0.25) is 5.02 Å². The van der Waals surface area contributed by atoms with Crippen LogP contribution in [0, 0.1) is 0 Å². The van der Waals surface area contributed by atoms with Crippen molar-refractivity contribution in [3.63, 3.8) is 0 Å². The molecule has 0 unspecified atom stereocenters. The fourth-order valence-electron chi connectivity index (χ4n) is 3.12. The Morgan fingerprint density at radius 2 is 1.96 bits per heavy atom. The summed E-state index contributed by atoms with van der Waals surface area (Å²) in [5, 5.41) is 3.25. The lowest BCUT2D eigenvalue weighted by Gasteiger charge is -2.18. The molecule has 0 aromatic heterocycles. The second-order valence-corrected chi connectivity index (χ2v) is 7.04. The summed E-state index contributed by atoms with van der Waals surface area (Å²) in [6.07, 6.45) is 2.11. The molecule has 1 N–H and O–H groups in total. The molecule has 2 amide bonds. The van der Waals surface area contributed by atoms with Gasteiger partial charge in [0.15, 0.2) is 0 Å². The zero-order chi connectivity index (χ0) is 19.4. The summed E-state index contributed by atoms with van der Waals surface area (Å²) in [5.41, 5.74) is 2.48. The van der Waals surface area contributed by atoms with Gasteiger partial charge in [0.1, 0.15) is 11.8 Å². The maximum atomic E-state index is 12.9. The Morgan fingerprint density at radius 1 is 1.22 bits per heavy atom. The second-order valence-electron chi connectivity index (χ2n) is 6.61. The van der Waals surface area contributed by atoms with Crippen LogP contribution in [-0.4, -0.2) is 18.4 Å². The molecule has 0 saturated carbocycles. The quantitative estimate of drug-likeness (QED) is 0.724. The molecule has 2 aromatic carbocycles. The molecule has 2 aromatic rings. The van der Waals surface area contributed by atoms with Crippen molar-refractivity contribution in [2.75, 3.05) is 11.5 Å². The Hall–Kier alpha value is -2.53. The Morgan fingerprint density at radius 3 is 2.63 bits per heavy atom. The summed E-state index contributed by atoms with van der Waals surface area (Å²) < 4.78 is 5.68. The van der Waals surface area contributed by atoms with Gasteiger partial charge in [-0.3, -0.25) is 9.59 Å². The highest BCUT2D eigenvalue weighted by molar-refractivity contribution is 6.31. The number of rotatable bonds is 7. The van der Waals surface area contributed by atoms with Crippen molar-refractivity contribution in [2.24, 2.45) is 0 Å². The molecule has 1 aliphatic rings. The fraction of sp³-hybridized carbons (Fsp3) is 0.333. The lowest BCUT2D eigenvalue weighted by molar-refractivity contribution is -0.126. The average Bonchev–Trinajstić information content (AvgIpc) is 2.88. The average molecular weight is 387 g/mol. The highest BCUT2D eigenvalue weighted by Gasteiger charge is 2.37. The smallest absolute Gasteiger partial charge is 0.254 e. The number of fused-ring (bicyclic) bond motifs is 1. The summed E-state index contributed by atoms with van der Waals surface area (Å²) in [6.45, 7) is 4.64. The molecule has 3 rings (SSSR count). The van der Waals surface area contributed by atoms with E-state index in [0.717, 1.165) is 35.4 Å². The van der Waals surface area contributed by atoms with Gasteiger partial charge in [0.25, 0.3) is 5.91 Å². The van der Waals surface area contributed by atoms with Crippen molar-refractivity contribution in [2.45, 2.75) is 39.3 Å². The van der Waals surface area contributed by atoms with E-state index in [1.165, 1.54) is 6.92 Å². The summed E-state index contributed by atoms with van der Waals surface area (Å²) in [6, 6.07) is 12.3. The number of benzene rings is 2. The Bertz CT molecular complexity index is 836. The molecule has 0 bridgehead atoms. The van der Waals surface area contributed by atoms with E-state index in [2.05, 4.69) is 12.2 Å². The predicted molar refractivity (Wildman–Crippen MR) is 106 cm³/mol. The van der Waals surface area contributed by atoms with E-state index >= 15 is 0 Å². The zero-order valence-corrected chi connectivity index (χ0v) is 16.3. The number of nitrogens with one attached hydrogen (secondary N) is 1. The van der Waals surface area contributed by atoms with E-state index in [-0.39, 0.29) is 11.8 Å². The van der Waals surface area contributed by atoms with E-state index in [1.54, 1.807) is 17.0 Å². The predicted octanol–water partition coefficient (Wildman–Crippen LogP) is 4.24. The molecule has 0 aliphatic carbocycles. The van der Waals surface area contributed by atoms with Crippen LogP contribution >= 0.6 is 11.6 Å². The van der Waals surface area contributed by atoms with E-state index in [0.29, 0.717) is 18.2 Å². The SMILES string of the molecule is CCCCOc1ccc(CN2C(=O)[C@@H](NC(C)=O)c3cc(Cl)ccc32)cc1. The Kier molecular flexibility index (Phi) is 6.01. The molecule has 1 aliphatic heterocycles. The number of halogens is 1. The number of carbonyl (C=O) groups is 2. The standard InChI is InChI=1S/C21H23ClN2O3/c1-3-4-11-27-17-8-5-15(6-9-17)13-24-19-10-7-16(22)12-18(19)20(21(24)26)23-14(2)25/h5-10,12,20H,3-4,11,13H2,1-2H3,(H,23,25)/t20-/m0/s1. The van der Waals surface area contributed by atoms with E-state index < -0.39 is 6.04 Å². The third-order valence-electron chi connectivity index (χ3n) is 4.48. The number of nitrogens with zero attached hydrogens (tertiary/aromatic N) is 1. The number of hydrogen-bond acceptors (Lipinski definition) is 3. The molecular weight excluding hydrogens is 364 g/mol. The fourth-order valence-corrected chi connectivity index (χ4v) is 3.30. The lowest BCUT2D eigenvalue weighted by atomic mass is 10.1. The molecule has 0 saturated heterocycles. The van der Waals surface area contributed by atoms with Crippen molar-refractivity contribution in [1.29, 1.82) is 0 Å². The van der Waals surface area contributed by atoms with Crippen LogP contribution in [0.25, 0.3) is 0 Å². The van der Waals surface area contributed by atoms with Crippen LogP contribution < -0.4 is 15.0 Å².